The number of rotatable bonds is 2. The fourth-order valence-electron chi connectivity index (χ4n) is 1.70. The first-order valence-electron chi connectivity index (χ1n) is 5.18. The Hall–Kier alpha value is -0.690. The molecule has 4 heteroatoms. The first-order valence-corrected chi connectivity index (χ1v) is 6.44. The summed E-state index contributed by atoms with van der Waals surface area (Å²) in [6.45, 7) is 2.91. The maximum Gasteiger partial charge on any atom is 0.0992 e. The molecule has 0 saturated carbocycles. The van der Waals surface area contributed by atoms with E-state index < -0.39 is 0 Å². The summed E-state index contributed by atoms with van der Waals surface area (Å²) >= 11 is 7.86. The molecule has 1 aromatic rings. The smallest absolute Gasteiger partial charge is 0.0992 e. The van der Waals surface area contributed by atoms with Gasteiger partial charge in [0.2, 0.25) is 0 Å². The summed E-state index contributed by atoms with van der Waals surface area (Å²) in [5.41, 5.74) is 0.602. The number of nitriles is 1. The first kappa shape index (κ1) is 11.8. The lowest BCUT2D eigenvalue weighted by Crippen LogP contribution is -2.12. The van der Waals surface area contributed by atoms with E-state index in [0.717, 1.165) is 17.9 Å². The number of hydrogen-bond acceptors (Lipinski definition) is 3. The van der Waals surface area contributed by atoms with Gasteiger partial charge in [-0.3, -0.25) is 0 Å². The molecule has 0 amide bonds. The molecule has 84 valence electrons. The van der Waals surface area contributed by atoms with Crippen LogP contribution in [0.3, 0.4) is 0 Å². The summed E-state index contributed by atoms with van der Waals surface area (Å²) in [6.07, 6.45) is 1.33. The van der Waals surface area contributed by atoms with Crippen LogP contribution >= 0.6 is 23.4 Å². The standard InChI is InChI=1S/C12H12ClNOS/c1-8-11(4-5-15-8)16-12-3-2-9(7-14)6-10(12)13/h2-3,6,8,11H,4-5H2,1H3. The van der Waals surface area contributed by atoms with Crippen LogP contribution in [0.1, 0.15) is 18.9 Å². The van der Waals surface area contributed by atoms with E-state index in [1.807, 2.05) is 6.07 Å². The molecule has 1 fully saturated rings. The van der Waals surface area contributed by atoms with Gasteiger partial charge in [-0.25, -0.2) is 0 Å². The minimum atomic E-state index is 0.275. The first-order chi connectivity index (χ1) is 7.70. The number of halogens is 1. The van der Waals surface area contributed by atoms with Crippen LogP contribution in [-0.2, 0) is 4.74 Å². The maximum atomic E-state index is 8.74. The van der Waals surface area contributed by atoms with Gasteiger partial charge in [-0.2, -0.15) is 5.26 Å². The summed E-state index contributed by atoms with van der Waals surface area (Å²) < 4.78 is 5.51. The summed E-state index contributed by atoms with van der Waals surface area (Å²) in [5.74, 6) is 0. The third-order valence-electron chi connectivity index (χ3n) is 2.65. The largest absolute Gasteiger partial charge is 0.377 e. The fourth-order valence-corrected chi connectivity index (χ4v) is 3.14. The molecule has 1 aliphatic rings. The molecule has 2 unspecified atom stereocenters. The lowest BCUT2D eigenvalue weighted by Gasteiger charge is -2.14. The van der Waals surface area contributed by atoms with Gasteiger partial charge >= 0.3 is 0 Å². The minimum Gasteiger partial charge on any atom is -0.377 e. The normalized spacial score (nSPS) is 24.3. The lowest BCUT2D eigenvalue weighted by molar-refractivity contribution is 0.127. The highest BCUT2D eigenvalue weighted by Gasteiger charge is 2.25. The predicted octanol–water partition coefficient (Wildman–Crippen LogP) is 3.48. The van der Waals surface area contributed by atoms with Crippen LogP contribution < -0.4 is 0 Å². The molecule has 0 radical (unpaired) electrons. The quantitative estimate of drug-likeness (QED) is 0.809. The Balaban J connectivity index is 2.13. The van der Waals surface area contributed by atoms with Gasteiger partial charge in [0.15, 0.2) is 0 Å². The van der Waals surface area contributed by atoms with Gasteiger partial charge in [0.1, 0.15) is 0 Å². The molecule has 16 heavy (non-hydrogen) atoms. The zero-order chi connectivity index (χ0) is 11.5. The molecule has 1 aromatic carbocycles. The van der Waals surface area contributed by atoms with Gasteiger partial charge in [0.05, 0.1) is 22.8 Å². The van der Waals surface area contributed by atoms with Crippen molar-refractivity contribution in [1.82, 2.24) is 0 Å². The van der Waals surface area contributed by atoms with E-state index >= 15 is 0 Å². The van der Waals surface area contributed by atoms with Crippen molar-refractivity contribution in [1.29, 1.82) is 5.26 Å². The Morgan fingerprint density at radius 2 is 2.38 bits per heavy atom. The number of nitrogens with zero attached hydrogens (tertiary/aromatic N) is 1. The van der Waals surface area contributed by atoms with Crippen molar-refractivity contribution in [2.24, 2.45) is 0 Å². The third kappa shape index (κ3) is 2.52. The van der Waals surface area contributed by atoms with E-state index in [2.05, 4.69) is 13.0 Å². The SMILES string of the molecule is CC1OCCC1Sc1ccc(C#N)cc1Cl. The van der Waals surface area contributed by atoms with Crippen LogP contribution in [0, 0.1) is 11.3 Å². The van der Waals surface area contributed by atoms with Gasteiger partial charge < -0.3 is 4.74 Å². The molecule has 2 atom stereocenters. The van der Waals surface area contributed by atoms with Crippen molar-refractivity contribution in [3.8, 4) is 6.07 Å². The molecule has 0 aromatic heterocycles. The minimum absolute atomic E-state index is 0.275. The van der Waals surface area contributed by atoms with Crippen LogP contribution in [0.2, 0.25) is 5.02 Å². The topological polar surface area (TPSA) is 33.0 Å². The molecule has 2 rings (SSSR count). The third-order valence-corrected chi connectivity index (χ3v) is 4.60. The second-order valence-corrected chi connectivity index (χ2v) is 5.47. The molecule has 0 bridgehead atoms. The van der Waals surface area contributed by atoms with Gasteiger partial charge in [-0.1, -0.05) is 11.6 Å². The lowest BCUT2D eigenvalue weighted by atomic mass is 10.2. The Labute approximate surface area is 105 Å². The van der Waals surface area contributed by atoms with Gasteiger partial charge in [-0.05, 0) is 31.5 Å². The van der Waals surface area contributed by atoms with Crippen molar-refractivity contribution in [3.05, 3.63) is 28.8 Å². The van der Waals surface area contributed by atoms with Crippen molar-refractivity contribution in [3.63, 3.8) is 0 Å². The van der Waals surface area contributed by atoms with Crippen molar-refractivity contribution in [2.45, 2.75) is 29.6 Å². The highest BCUT2D eigenvalue weighted by atomic mass is 35.5. The average Bonchev–Trinajstić information content (AvgIpc) is 2.67. The second kappa shape index (κ2) is 5.09. The molecule has 2 nitrogen and oxygen atoms in total. The summed E-state index contributed by atoms with van der Waals surface area (Å²) in [5, 5.41) is 9.86. The molecule has 0 N–H and O–H groups in total. The Bertz CT molecular complexity index is 430. The van der Waals surface area contributed by atoms with E-state index in [1.54, 1.807) is 23.9 Å². The summed E-state index contributed by atoms with van der Waals surface area (Å²) in [6, 6.07) is 7.51. The van der Waals surface area contributed by atoms with E-state index in [4.69, 9.17) is 21.6 Å². The second-order valence-electron chi connectivity index (χ2n) is 3.78. The monoisotopic (exact) mass is 253 g/mol. The summed E-state index contributed by atoms with van der Waals surface area (Å²) in [7, 11) is 0. The Morgan fingerprint density at radius 1 is 1.56 bits per heavy atom. The van der Waals surface area contributed by atoms with Crippen LogP contribution in [-0.4, -0.2) is 18.0 Å². The molecule has 0 spiro atoms. The molecule has 1 saturated heterocycles. The maximum absolute atomic E-state index is 8.74. The van der Waals surface area contributed by atoms with Gasteiger partial charge in [-0.15, -0.1) is 11.8 Å². The fraction of sp³-hybridized carbons (Fsp3) is 0.417. The highest BCUT2D eigenvalue weighted by Crippen LogP contribution is 2.36. The van der Waals surface area contributed by atoms with E-state index in [-0.39, 0.29) is 6.10 Å². The van der Waals surface area contributed by atoms with Crippen LogP contribution in [0.5, 0.6) is 0 Å². The average molecular weight is 254 g/mol. The van der Waals surface area contributed by atoms with Gasteiger partial charge in [0, 0.05) is 16.8 Å². The number of ether oxygens (including phenoxy) is 1. The molecular weight excluding hydrogens is 242 g/mol. The van der Waals surface area contributed by atoms with Crippen molar-refractivity contribution in [2.75, 3.05) is 6.61 Å². The van der Waals surface area contributed by atoms with E-state index in [0.29, 0.717) is 15.8 Å². The van der Waals surface area contributed by atoms with Crippen LogP contribution in [0.25, 0.3) is 0 Å². The Morgan fingerprint density at radius 3 is 2.94 bits per heavy atom. The molecule has 0 aliphatic carbocycles. The predicted molar refractivity (Wildman–Crippen MR) is 65.8 cm³/mol. The number of benzene rings is 1. The van der Waals surface area contributed by atoms with Crippen molar-refractivity contribution < 1.29 is 4.74 Å². The molecular formula is C12H12ClNOS. The zero-order valence-corrected chi connectivity index (χ0v) is 10.5. The number of hydrogen-bond donors (Lipinski definition) is 0. The number of thioether (sulfide) groups is 1. The van der Waals surface area contributed by atoms with E-state index in [9.17, 15) is 0 Å². The van der Waals surface area contributed by atoms with Crippen LogP contribution in [0.15, 0.2) is 23.1 Å². The van der Waals surface area contributed by atoms with Gasteiger partial charge in [0.25, 0.3) is 0 Å². The molecule has 1 aliphatic heterocycles. The van der Waals surface area contributed by atoms with E-state index in [1.165, 1.54) is 0 Å². The zero-order valence-electron chi connectivity index (χ0n) is 8.94. The summed E-state index contributed by atoms with van der Waals surface area (Å²) in [4.78, 5) is 1.03. The van der Waals surface area contributed by atoms with Crippen molar-refractivity contribution >= 4 is 23.4 Å². The van der Waals surface area contributed by atoms with Crippen LogP contribution in [0.4, 0.5) is 0 Å². The Kier molecular flexibility index (Phi) is 3.75. The molecule has 1 heterocycles. The highest BCUT2D eigenvalue weighted by molar-refractivity contribution is 8.00.